The van der Waals surface area contributed by atoms with Crippen molar-refractivity contribution in [2.75, 3.05) is 18.9 Å². The van der Waals surface area contributed by atoms with E-state index in [9.17, 15) is 4.57 Å². The Balaban J connectivity index is 4.34. The van der Waals surface area contributed by atoms with Gasteiger partial charge in [0.25, 0.3) is 0 Å². The van der Waals surface area contributed by atoms with E-state index in [0.717, 1.165) is 12.3 Å². The number of hydrogen-bond donors (Lipinski definition) is 0. The molecule has 0 rings (SSSR count). The molecule has 3 heteroatoms. The zero-order chi connectivity index (χ0) is 12.1. The van der Waals surface area contributed by atoms with E-state index in [1.165, 1.54) is 0 Å². The number of rotatable bonds is 7. The van der Waals surface area contributed by atoms with E-state index in [1.54, 1.807) is 0 Å². The summed E-state index contributed by atoms with van der Waals surface area (Å²) in [5, 5.41) is 0. The van der Waals surface area contributed by atoms with Gasteiger partial charge >= 0.3 is 0 Å². The minimum absolute atomic E-state index is 0.446. The van der Waals surface area contributed by atoms with Crippen molar-refractivity contribution in [3.05, 3.63) is 0 Å². The van der Waals surface area contributed by atoms with Gasteiger partial charge in [0.2, 0.25) is 7.37 Å². The summed E-state index contributed by atoms with van der Waals surface area (Å²) in [4.78, 5) is 0. The Kier molecular flexibility index (Phi) is 6.79. The third kappa shape index (κ3) is 8.04. The van der Waals surface area contributed by atoms with Crippen molar-refractivity contribution in [2.24, 2.45) is 17.8 Å². The van der Waals surface area contributed by atoms with Gasteiger partial charge in [-0.25, -0.2) is 0 Å². The highest BCUT2D eigenvalue weighted by Gasteiger charge is 2.25. The molecule has 0 fully saturated rings. The van der Waals surface area contributed by atoms with Crippen LogP contribution >= 0.6 is 7.37 Å². The molecule has 0 saturated heterocycles. The first-order chi connectivity index (χ1) is 6.75. The van der Waals surface area contributed by atoms with Gasteiger partial charge in [-0.2, -0.15) is 0 Å². The lowest BCUT2D eigenvalue weighted by Gasteiger charge is -2.23. The van der Waals surface area contributed by atoms with Gasteiger partial charge in [0.05, 0.1) is 6.61 Å². The summed E-state index contributed by atoms with van der Waals surface area (Å²) in [5.74, 6) is 1.35. The second kappa shape index (κ2) is 6.70. The number of hydrogen-bond acceptors (Lipinski definition) is 2. The normalized spacial score (nSPS) is 13.1. The fraction of sp³-hybridized carbons (Fsp3) is 1.00. The maximum absolute atomic E-state index is 12.5. The van der Waals surface area contributed by atoms with E-state index in [-0.39, 0.29) is 0 Å². The van der Waals surface area contributed by atoms with Crippen LogP contribution in [0.5, 0.6) is 0 Å². The van der Waals surface area contributed by atoms with Crippen LogP contribution in [0.25, 0.3) is 0 Å². The average Bonchev–Trinajstić information content (AvgIpc) is 1.97. The van der Waals surface area contributed by atoms with E-state index in [0.29, 0.717) is 24.4 Å². The zero-order valence-corrected chi connectivity index (χ0v) is 12.0. The Morgan fingerprint density at radius 3 is 1.53 bits per heavy atom. The SMILES string of the molecule is CC(C)COP(=O)(CC(C)C)CC(C)C. The van der Waals surface area contributed by atoms with Gasteiger partial charge in [0, 0.05) is 12.3 Å². The molecule has 0 bridgehead atoms. The van der Waals surface area contributed by atoms with Crippen molar-refractivity contribution < 1.29 is 9.09 Å². The minimum Gasteiger partial charge on any atom is -0.328 e. The van der Waals surface area contributed by atoms with Gasteiger partial charge in [-0.05, 0) is 17.8 Å². The maximum atomic E-state index is 12.5. The highest BCUT2D eigenvalue weighted by atomic mass is 31.2. The predicted molar refractivity (Wildman–Crippen MR) is 67.8 cm³/mol. The van der Waals surface area contributed by atoms with Crippen LogP contribution in [0.2, 0.25) is 0 Å². The molecule has 0 heterocycles. The summed E-state index contributed by atoms with van der Waals surface area (Å²) in [5.41, 5.74) is 0. The third-order valence-corrected chi connectivity index (χ3v) is 5.12. The van der Waals surface area contributed by atoms with Crippen LogP contribution in [-0.4, -0.2) is 18.9 Å². The third-order valence-electron chi connectivity index (χ3n) is 1.93. The van der Waals surface area contributed by atoms with E-state index >= 15 is 0 Å². The van der Waals surface area contributed by atoms with E-state index in [1.807, 2.05) is 0 Å². The Morgan fingerprint density at radius 1 is 0.867 bits per heavy atom. The monoisotopic (exact) mass is 234 g/mol. The summed E-state index contributed by atoms with van der Waals surface area (Å²) in [6.45, 7) is 13.2. The van der Waals surface area contributed by atoms with Crippen molar-refractivity contribution in [2.45, 2.75) is 41.5 Å². The van der Waals surface area contributed by atoms with Crippen LogP contribution in [0, 0.1) is 17.8 Å². The van der Waals surface area contributed by atoms with Crippen LogP contribution in [-0.2, 0) is 9.09 Å². The molecule has 92 valence electrons. The zero-order valence-electron chi connectivity index (χ0n) is 11.1. The van der Waals surface area contributed by atoms with Crippen LogP contribution < -0.4 is 0 Å². The first-order valence-corrected chi connectivity index (χ1v) is 7.97. The summed E-state index contributed by atoms with van der Waals surface area (Å²) < 4.78 is 18.2. The molecule has 2 nitrogen and oxygen atoms in total. The lowest BCUT2D eigenvalue weighted by Crippen LogP contribution is -2.11. The molecule has 0 amide bonds. The Bertz CT molecular complexity index is 196. The van der Waals surface area contributed by atoms with Gasteiger partial charge in [-0.1, -0.05) is 41.5 Å². The molecule has 0 atom stereocenters. The highest BCUT2D eigenvalue weighted by Crippen LogP contribution is 2.50. The molecule has 0 aliphatic carbocycles. The highest BCUT2D eigenvalue weighted by molar-refractivity contribution is 7.59. The van der Waals surface area contributed by atoms with E-state index in [4.69, 9.17) is 4.52 Å². The Hall–Kier alpha value is 0.190. The molecule has 0 N–H and O–H groups in total. The maximum Gasteiger partial charge on any atom is 0.203 e. The van der Waals surface area contributed by atoms with Crippen LogP contribution in [0.4, 0.5) is 0 Å². The molecule has 0 saturated carbocycles. The topological polar surface area (TPSA) is 26.3 Å². The molecule has 0 aliphatic rings. The second-order valence-corrected chi connectivity index (χ2v) is 8.27. The van der Waals surface area contributed by atoms with Crippen molar-refractivity contribution in [3.8, 4) is 0 Å². The van der Waals surface area contributed by atoms with Crippen molar-refractivity contribution in [1.82, 2.24) is 0 Å². The lowest BCUT2D eigenvalue weighted by atomic mass is 10.2. The molecule has 0 unspecified atom stereocenters. The van der Waals surface area contributed by atoms with E-state index in [2.05, 4.69) is 41.5 Å². The van der Waals surface area contributed by atoms with Gasteiger partial charge in [-0.3, -0.25) is 4.57 Å². The van der Waals surface area contributed by atoms with Crippen LogP contribution in [0.15, 0.2) is 0 Å². The Morgan fingerprint density at radius 2 is 1.27 bits per heavy atom. The molecular formula is C12H27O2P. The first-order valence-electron chi connectivity index (χ1n) is 5.98. The van der Waals surface area contributed by atoms with Crippen molar-refractivity contribution in [1.29, 1.82) is 0 Å². The fourth-order valence-electron chi connectivity index (χ4n) is 1.58. The summed E-state index contributed by atoms with van der Waals surface area (Å²) in [6.07, 6.45) is 1.44. The minimum atomic E-state index is -2.39. The van der Waals surface area contributed by atoms with Crippen molar-refractivity contribution in [3.63, 3.8) is 0 Å². The average molecular weight is 234 g/mol. The predicted octanol–water partition coefficient (Wildman–Crippen LogP) is 4.25. The standard InChI is InChI=1S/C12H27O2P/c1-10(2)7-14-15(13,8-11(3)4)9-12(5)6/h10-12H,7-9H2,1-6H3. The van der Waals surface area contributed by atoms with Gasteiger partial charge < -0.3 is 4.52 Å². The molecule has 0 aliphatic heterocycles. The van der Waals surface area contributed by atoms with Crippen LogP contribution in [0.3, 0.4) is 0 Å². The summed E-state index contributed by atoms with van der Waals surface area (Å²) in [6, 6.07) is 0. The largest absolute Gasteiger partial charge is 0.328 e. The first kappa shape index (κ1) is 15.2. The molecule has 15 heavy (non-hydrogen) atoms. The quantitative estimate of drug-likeness (QED) is 0.615. The Labute approximate surface area is 95.2 Å². The molecule has 0 aromatic carbocycles. The van der Waals surface area contributed by atoms with Crippen LogP contribution in [0.1, 0.15) is 41.5 Å². The van der Waals surface area contributed by atoms with Gasteiger partial charge in [0.1, 0.15) is 0 Å². The molecule has 0 spiro atoms. The summed E-state index contributed by atoms with van der Waals surface area (Å²) in [7, 11) is -2.39. The van der Waals surface area contributed by atoms with Gasteiger partial charge in [-0.15, -0.1) is 0 Å². The second-order valence-electron chi connectivity index (χ2n) is 5.66. The molecule has 0 aromatic heterocycles. The van der Waals surface area contributed by atoms with E-state index < -0.39 is 7.37 Å². The fourth-order valence-corrected chi connectivity index (χ4v) is 4.73. The lowest BCUT2D eigenvalue weighted by molar-refractivity contribution is 0.266. The summed E-state index contributed by atoms with van der Waals surface area (Å²) >= 11 is 0. The molecular weight excluding hydrogens is 207 g/mol. The molecule has 0 aromatic rings. The molecule has 0 radical (unpaired) electrons. The van der Waals surface area contributed by atoms with Gasteiger partial charge in [0.15, 0.2) is 0 Å². The van der Waals surface area contributed by atoms with Crippen molar-refractivity contribution >= 4 is 7.37 Å². The smallest absolute Gasteiger partial charge is 0.203 e.